The van der Waals surface area contributed by atoms with E-state index in [0.717, 1.165) is 21.5 Å². The van der Waals surface area contributed by atoms with Crippen LogP contribution < -0.4 is 4.72 Å². The van der Waals surface area contributed by atoms with Crippen LogP contribution in [0.5, 0.6) is 0 Å². The monoisotopic (exact) mass is 593 g/mol. The second kappa shape index (κ2) is 10.00. The van der Waals surface area contributed by atoms with E-state index in [4.69, 9.17) is 30.7 Å². The molecule has 2 aliphatic rings. The number of amides is 1. The minimum absolute atomic E-state index is 0.296. The van der Waals surface area contributed by atoms with Crippen molar-refractivity contribution in [3.63, 3.8) is 0 Å². The number of carbonyl (C=O) groups excluding carboxylic acids is 1. The zero-order valence-electron chi connectivity index (χ0n) is 26.7. The molecule has 214 valence electrons. The summed E-state index contributed by atoms with van der Waals surface area (Å²) in [5.41, 5.74) is 3.42. The first kappa shape index (κ1) is 24.5. The van der Waals surface area contributed by atoms with Crippen LogP contribution >= 0.6 is 11.6 Å². The van der Waals surface area contributed by atoms with E-state index in [1.54, 1.807) is 30.6 Å². The molecule has 41 heavy (non-hydrogen) atoms. The number of halogens is 1. The highest BCUT2D eigenvalue weighted by molar-refractivity contribution is 7.84. The van der Waals surface area contributed by atoms with Crippen molar-refractivity contribution in [2.24, 2.45) is 0 Å². The Labute approximate surface area is 252 Å². The number of aromatic nitrogens is 4. The maximum Gasteiger partial charge on any atom is 0.254 e. The van der Waals surface area contributed by atoms with Gasteiger partial charge in [-0.1, -0.05) is 37.6 Å². The molecule has 4 aromatic rings. The van der Waals surface area contributed by atoms with E-state index in [9.17, 15) is 9.00 Å². The van der Waals surface area contributed by atoms with Gasteiger partial charge in [0, 0.05) is 51.6 Å². The third-order valence-electron chi connectivity index (χ3n) is 8.38. The van der Waals surface area contributed by atoms with Gasteiger partial charge in [-0.25, -0.2) is 23.9 Å². The van der Waals surface area contributed by atoms with Crippen LogP contribution in [-0.4, -0.2) is 46.3 Å². The quantitative estimate of drug-likeness (QED) is 0.282. The second-order valence-corrected chi connectivity index (χ2v) is 14.1. The van der Waals surface area contributed by atoms with E-state index in [0.29, 0.717) is 52.6 Å². The summed E-state index contributed by atoms with van der Waals surface area (Å²) < 4.78 is 42.6. The molecular formula is C31H35ClN6O2S. The average Bonchev–Trinajstić information content (AvgIpc) is 3.47. The fourth-order valence-electron chi connectivity index (χ4n) is 5.89. The molecule has 2 aromatic heterocycles. The lowest BCUT2D eigenvalue weighted by atomic mass is 9.93. The Kier molecular flexibility index (Phi) is 5.96. The molecule has 2 aliphatic heterocycles. The van der Waals surface area contributed by atoms with Crippen molar-refractivity contribution in [1.29, 1.82) is 0 Å². The Morgan fingerprint density at radius 1 is 1.10 bits per heavy atom. The van der Waals surface area contributed by atoms with Crippen LogP contribution in [0.15, 0.2) is 48.8 Å². The Morgan fingerprint density at radius 3 is 2.49 bits per heavy atom. The highest BCUT2D eigenvalue weighted by atomic mass is 35.5. The summed E-state index contributed by atoms with van der Waals surface area (Å²) in [6, 6.07) is 9.77. The number of nitrogens with zero attached hydrogens (tertiary/aromatic N) is 5. The van der Waals surface area contributed by atoms with Gasteiger partial charge >= 0.3 is 0 Å². The van der Waals surface area contributed by atoms with Crippen molar-refractivity contribution < 1.29 is 13.1 Å². The van der Waals surface area contributed by atoms with Crippen LogP contribution in [0, 0.1) is 0 Å². The van der Waals surface area contributed by atoms with Crippen molar-refractivity contribution in [1.82, 2.24) is 29.1 Å². The summed E-state index contributed by atoms with van der Waals surface area (Å²) in [6.45, 7) is 7.20. The number of benzene rings is 2. The van der Waals surface area contributed by atoms with Gasteiger partial charge in [-0.15, -0.1) is 0 Å². The van der Waals surface area contributed by atoms with Gasteiger partial charge in [-0.3, -0.25) is 4.79 Å². The third kappa shape index (κ3) is 4.40. The lowest BCUT2D eigenvalue weighted by Crippen LogP contribution is -2.48. The van der Waals surface area contributed by atoms with Crippen LogP contribution in [0.3, 0.4) is 0 Å². The summed E-state index contributed by atoms with van der Waals surface area (Å²) in [4.78, 5) is 28.9. The molecule has 1 amide bonds. The van der Waals surface area contributed by atoms with Gasteiger partial charge in [-0.05, 0) is 63.4 Å². The molecule has 0 spiro atoms. The molecule has 2 bridgehead atoms. The number of rotatable bonds is 6. The molecule has 0 radical (unpaired) electrons. The first-order chi connectivity index (χ1) is 20.7. The molecule has 0 fully saturated rings. The number of hydrogen-bond acceptors (Lipinski definition) is 5. The smallest absolute Gasteiger partial charge is 0.254 e. The molecule has 1 unspecified atom stereocenters. The van der Waals surface area contributed by atoms with E-state index in [-0.39, 0.29) is 6.04 Å². The first-order valence-electron chi connectivity index (χ1n) is 15.4. The molecule has 6 rings (SSSR count). The van der Waals surface area contributed by atoms with Crippen molar-refractivity contribution in [3.8, 4) is 11.1 Å². The van der Waals surface area contributed by atoms with E-state index >= 15 is 0 Å². The zero-order valence-corrected chi connectivity index (χ0v) is 25.3. The van der Waals surface area contributed by atoms with Crippen molar-refractivity contribution in [2.45, 2.75) is 76.3 Å². The molecular weight excluding hydrogens is 556 g/mol. The van der Waals surface area contributed by atoms with Crippen LogP contribution in [0.1, 0.15) is 97.6 Å². The minimum atomic E-state index is -2.66. The largest absolute Gasteiger partial charge is 0.331 e. The molecule has 0 saturated heterocycles. The highest BCUT2D eigenvalue weighted by Gasteiger charge is 2.44. The van der Waals surface area contributed by atoms with Gasteiger partial charge in [0.1, 0.15) is 11.6 Å². The third-order valence-corrected chi connectivity index (χ3v) is 10.4. The van der Waals surface area contributed by atoms with Gasteiger partial charge in [0.15, 0.2) is 0 Å². The Morgan fingerprint density at radius 2 is 1.83 bits per heavy atom. The first-order valence-corrected chi connectivity index (χ1v) is 15.4. The van der Waals surface area contributed by atoms with E-state index in [1.165, 1.54) is 0 Å². The van der Waals surface area contributed by atoms with E-state index in [1.807, 2.05) is 57.4 Å². The predicted molar refractivity (Wildman–Crippen MR) is 163 cm³/mol. The maximum atomic E-state index is 13.6. The molecule has 3 atom stereocenters. The fraction of sp³-hybridized carbons (Fsp3) is 0.419. The van der Waals surface area contributed by atoms with E-state index < -0.39 is 40.2 Å². The number of hydrogen-bond donors (Lipinski definition) is 1. The fourth-order valence-corrected chi connectivity index (χ4v) is 7.23. The lowest BCUT2D eigenvalue weighted by Gasteiger charge is -2.33. The average molecular weight is 594 g/mol. The Bertz CT molecular complexity index is 1800. The maximum absolute atomic E-state index is 13.6. The molecule has 8 nitrogen and oxygen atoms in total. The lowest BCUT2D eigenvalue weighted by molar-refractivity contribution is 0.0734. The van der Waals surface area contributed by atoms with Crippen LogP contribution in [-0.2, 0) is 16.5 Å². The van der Waals surface area contributed by atoms with E-state index in [2.05, 4.69) is 4.72 Å². The number of nitrogens with one attached hydrogen (secondary N) is 1. The van der Waals surface area contributed by atoms with Gasteiger partial charge in [0.2, 0.25) is 0 Å². The highest BCUT2D eigenvalue weighted by Crippen LogP contribution is 2.49. The minimum Gasteiger partial charge on any atom is -0.331 e. The summed E-state index contributed by atoms with van der Waals surface area (Å²) in [5.74, 6) is 0.542. The molecule has 10 heteroatoms. The predicted octanol–water partition coefficient (Wildman–Crippen LogP) is 6.33. The molecule has 0 aliphatic carbocycles. The normalized spacial score (nSPS) is 20.7. The van der Waals surface area contributed by atoms with Crippen LogP contribution in [0.4, 0.5) is 0 Å². The van der Waals surface area contributed by atoms with Gasteiger partial charge in [-0.2, -0.15) is 0 Å². The topological polar surface area (TPSA) is 93.0 Å². The van der Waals surface area contributed by atoms with Crippen LogP contribution in [0.25, 0.3) is 22.2 Å². The zero-order chi connectivity index (χ0) is 31.8. The Hall–Kier alpha value is -3.14. The summed E-state index contributed by atoms with van der Waals surface area (Å²) in [6.07, 6.45) is 5.25. The number of carbonyl (C=O) groups is 1. The molecule has 4 heterocycles. The van der Waals surface area contributed by atoms with Gasteiger partial charge in [0.05, 0.1) is 44.4 Å². The van der Waals surface area contributed by atoms with Crippen molar-refractivity contribution in [2.75, 3.05) is 6.98 Å². The van der Waals surface area contributed by atoms with Gasteiger partial charge < -0.3 is 9.47 Å². The second-order valence-electron chi connectivity index (χ2n) is 11.8. The summed E-state index contributed by atoms with van der Waals surface area (Å²) in [7, 11) is -1.30. The summed E-state index contributed by atoms with van der Waals surface area (Å²) >= 11 is 6.69. The van der Waals surface area contributed by atoms with Crippen LogP contribution in [0.2, 0.25) is 5.02 Å². The molecule has 2 aromatic carbocycles. The van der Waals surface area contributed by atoms with Gasteiger partial charge in [0.25, 0.3) is 5.91 Å². The summed E-state index contributed by atoms with van der Waals surface area (Å²) in [5, 5.41) is 0.415. The Balaban J connectivity index is 1.44. The standard InChI is InChI=1S/C31H35ClN6O2S/c1-7-31(8-2,36-41(40)30(3,4)5)29-33-16-19(17-34-29)18-12-13-22-23(14-18)38-24-15-25(27(38)35-22)37(6)28(39)20-10-9-11-21(32)26(20)24/h9-14,16-17,24-25,36H,7-8,15H2,1-6H3/t24-,25-,41?/m1/s1/i6D3. The number of fused-ring (bicyclic) bond motifs is 9. The molecule has 1 N–H and O–H groups in total. The number of imidazole rings is 1. The SMILES string of the molecule is [2H]C([2H])([2H])N1C(=O)c2cccc(Cl)c2[C@H]2C[C@@H]1c1nc3ccc(-c4cnc(C(CC)(CC)NS(=O)C(C)(C)C)nc4)cc3n12. The van der Waals surface area contributed by atoms with Crippen molar-refractivity contribution >= 4 is 39.5 Å². The van der Waals surface area contributed by atoms with Crippen molar-refractivity contribution in [3.05, 3.63) is 76.6 Å². The molecule has 0 saturated carbocycles.